The third-order valence-electron chi connectivity index (χ3n) is 6.38. The van der Waals surface area contributed by atoms with E-state index in [1.807, 2.05) is 12.1 Å². The van der Waals surface area contributed by atoms with Gasteiger partial charge in [0.15, 0.2) is 0 Å². The van der Waals surface area contributed by atoms with Crippen molar-refractivity contribution in [3.63, 3.8) is 0 Å². The topological polar surface area (TPSA) is 127 Å². The van der Waals surface area contributed by atoms with Crippen LogP contribution < -0.4 is 15.5 Å². The maximum atomic E-state index is 13.9. The number of benzene rings is 2. The van der Waals surface area contributed by atoms with Crippen molar-refractivity contribution < 1.29 is 32.4 Å². The van der Waals surface area contributed by atoms with Crippen LogP contribution in [0.4, 0.5) is 19.3 Å². The molecule has 216 valence electrons. The van der Waals surface area contributed by atoms with Crippen LogP contribution in [-0.2, 0) is 16.1 Å². The summed E-state index contributed by atoms with van der Waals surface area (Å²) in [5, 5.41) is 8.93. The van der Waals surface area contributed by atoms with E-state index in [1.165, 1.54) is 28.8 Å². The molecule has 13 heteroatoms. The fourth-order valence-electron chi connectivity index (χ4n) is 4.23. The molecule has 1 unspecified atom stereocenters. The van der Waals surface area contributed by atoms with Crippen LogP contribution >= 0.6 is 11.8 Å². The number of anilines is 1. The molecular weight excluding hydrogens is 556 g/mol. The van der Waals surface area contributed by atoms with E-state index in [9.17, 15) is 23.2 Å². The predicted molar refractivity (Wildman–Crippen MR) is 147 cm³/mol. The number of nitrogens with one attached hydrogen (secondary N) is 2. The maximum Gasteiger partial charge on any atom is 0.408 e. The van der Waals surface area contributed by atoms with Gasteiger partial charge in [-0.1, -0.05) is 29.4 Å². The number of thioether (sulfide) groups is 1. The average molecular weight is 586 g/mol. The van der Waals surface area contributed by atoms with E-state index in [0.29, 0.717) is 22.3 Å². The van der Waals surface area contributed by atoms with Crippen molar-refractivity contribution in [3.05, 3.63) is 59.5 Å². The summed E-state index contributed by atoms with van der Waals surface area (Å²) >= 11 is 1.33. The van der Waals surface area contributed by atoms with Gasteiger partial charge in [0.05, 0.1) is 18.3 Å². The van der Waals surface area contributed by atoms with Gasteiger partial charge in [-0.25, -0.2) is 13.6 Å². The summed E-state index contributed by atoms with van der Waals surface area (Å²) in [7, 11) is 0. The number of fused-ring (bicyclic) bond motifs is 1. The van der Waals surface area contributed by atoms with Gasteiger partial charge in [-0.3, -0.25) is 9.59 Å². The molecular formula is C28H29F2N5O5S. The van der Waals surface area contributed by atoms with Crippen molar-refractivity contribution in [2.24, 2.45) is 0 Å². The molecule has 5 rings (SSSR count). The standard InChI is InChI=1S/C28H29F2N5O5S/c1-15-31-23(34-40-15)17-7-5-16(6-8-17)13-35-20-11-18(24(36)33-22-12-28(22,29)30)9-10-21(20)41-14-19(25(35)37)32-26(38)39-27(2,3)4/h5-11,19,22H,12-14H2,1-4H3,(H,32,38)(H,33,36)/t19-,22?/m0/s1. The van der Waals surface area contributed by atoms with Crippen LogP contribution in [0.2, 0.25) is 0 Å². The number of rotatable bonds is 6. The molecule has 1 saturated carbocycles. The average Bonchev–Trinajstić information content (AvgIpc) is 3.30. The predicted octanol–water partition coefficient (Wildman–Crippen LogP) is 4.71. The summed E-state index contributed by atoms with van der Waals surface area (Å²) in [5.41, 5.74) is 1.30. The molecule has 0 spiro atoms. The lowest BCUT2D eigenvalue weighted by atomic mass is 10.1. The molecule has 3 amide bonds. The quantitative estimate of drug-likeness (QED) is 0.426. The first-order valence-corrected chi connectivity index (χ1v) is 13.9. The number of ether oxygens (including phenoxy) is 1. The van der Waals surface area contributed by atoms with Crippen LogP contribution in [-0.4, -0.2) is 57.4 Å². The van der Waals surface area contributed by atoms with E-state index in [2.05, 4.69) is 20.8 Å². The van der Waals surface area contributed by atoms with Crippen LogP contribution in [0.25, 0.3) is 11.4 Å². The van der Waals surface area contributed by atoms with Gasteiger partial charge in [0.25, 0.3) is 17.7 Å². The Labute approximate surface area is 239 Å². The molecule has 41 heavy (non-hydrogen) atoms. The van der Waals surface area contributed by atoms with E-state index in [0.717, 1.165) is 11.1 Å². The van der Waals surface area contributed by atoms with E-state index < -0.39 is 47.9 Å². The van der Waals surface area contributed by atoms with Gasteiger partial charge in [-0.05, 0) is 44.5 Å². The normalized spacial score (nSPS) is 19.7. The number of carbonyl (C=O) groups excluding carboxylic acids is 3. The third-order valence-corrected chi connectivity index (χ3v) is 7.54. The minimum absolute atomic E-state index is 0.107. The zero-order chi connectivity index (χ0) is 29.5. The lowest BCUT2D eigenvalue weighted by molar-refractivity contribution is -0.120. The second-order valence-corrected chi connectivity index (χ2v) is 12.0. The van der Waals surface area contributed by atoms with Crippen LogP contribution in [0.1, 0.15) is 49.0 Å². The summed E-state index contributed by atoms with van der Waals surface area (Å²) in [6.45, 7) is 6.97. The van der Waals surface area contributed by atoms with Crippen molar-refractivity contribution in [2.45, 2.75) is 69.2 Å². The molecule has 1 aliphatic heterocycles. The summed E-state index contributed by atoms with van der Waals surface area (Å²) in [4.78, 5) is 45.6. The molecule has 0 saturated heterocycles. The molecule has 0 bridgehead atoms. The number of hydrogen-bond donors (Lipinski definition) is 2. The zero-order valence-electron chi connectivity index (χ0n) is 22.9. The lowest BCUT2D eigenvalue weighted by Crippen LogP contribution is -2.50. The Bertz CT molecular complexity index is 1490. The number of carbonyl (C=O) groups is 3. The van der Waals surface area contributed by atoms with E-state index in [-0.39, 0.29) is 17.9 Å². The Balaban J connectivity index is 1.43. The monoisotopic (exact) mass is 585 g/mol. The van der Waals surface area contributed by atoms with E-state index >= 15 is 0 Å². The fraction of sp³-hybridized carbons (Fsp3) is 0.393. The molecule has 1 aromatic heterocycles. The van der Waals surface area contributed by atoms with Gasteiger partial charge >= 0.3 is 6.09 Å². The van der Waals surface area contributed by atoms with Crippen molar-refractivity contribution in [1.82, 2.24) is 20.8 Å². The van der Waals surface area contributed by atoms with Crippen LogP contribution in [0.3, 0.4) is 0 Å². The summed E-state index contributed by atoms with van der Waals surface area (Å²) in [5.74, 6) is -2.89. The molecule has 1 fully saturated rings. The van der Waals surface area contributed by atoms with Gasteiger partial charge in [-0.15, -0.1) is 11.8 Å². The highest BCUT2D eigenvalue weighted by molar-refractivity contribution is 7.99. The molecule has 2 aliphatic rings. The molecule has 3 aromatic rings. The highest BCUT2D eigenvalue weighted by Gasteiger charge is 2.57. The van der Waals surface area contributed by atoms with E-state index in [1.54, 1.807) is 45.9 Å². The molecule has 2 aromatic carbocycles. The maximum absolute atomic E-state index is 13.9. The van der Waals surface area contributed by atoms with Crippen LogP contribution in [0.5, 0.6) is 0 Å². The van der Waals surface area contributed by atoms with Crippen LogP contribution in [0.15, 0.2) is 51.9 Å². The van der Waals surface area contributed by atoms with Gasteiger partial charge in [-0.2, -0.15) is 4.98 Å². The van der Waals surface area contributed by atoms with Gasteiger partial charge in [0.1, 0.15) is 11.6 Å². The Kier molecular flexibility index (Phi) is 7.49. The number of alkyl carbamates (subject to hydrolysis) is 1. The number of hydrogen-bond acceptors (Lipinski definition) is 8. The van der Waals surface area contributed by atoms with Crippen molar-refractivity contribution >= 4 is 35.4 Å². The largest absolute Gasteiger partial charge is 0.444 e. The first kappa shape index (κ1) is 28.5. The Morgan fingerprint density at radius 3 is 2.49 bits per heavy atom. The Hall–Kier alpha value is -4.00. The van der Waals surface area contributed by atoms with Gasteiger partial charge in [0.2, 0.25) is 11.7 Å². The second kappa shape index (κ2) is 10.8. The lowest BCUT2D eigenvalue weighted by Gasteiger charge is -2.27. The molecule has 2 heterocycles. The molecule has 1 aliphatic carbocycles. The SMILES string of the molecule is Cc1nc(-c2ccc(CN3C(=O)[C@@H](NC(=O)OC(C)(C)C)CSc4ccc(C(=O)NC5CC5(F)F)cc43)cc2)no1. The van der Waals surface area contributed by atoms with Crippen molar-refractivity contribution in [2.75, 3.05) is 10.7 Å². The number of aryl methyl sites for hydroxylation is 1. The molecule has 2 atom stereocenters. The molecule has 2 N–H and O–H groups in total. The number of alkyl halides is 2. The third kappa shape index (κ3) is 6.67. The Morgan fingerprint density at radius 2 is 1.88 bits per heavy atom. The fourth-order valence-corrected chi connectivity index (χ4v) is 5.28. The first-order chi connectivity index (χ1) is 19.3. The second-order valence-electron chi connectivity index (χ2n) is 10.9. The molecule has 10 nitrogen and oxygen atoms in total. The summed E-state index contributed by atoms with van der Waals surface area (Å²) < 4.78 is 37.2. The van der Waals surface area contributed by atoms with Gasteiger partial charge in [0, 0.05) is 35.1 Å². The smallest absolute Gasteiger partial charge is 0.408 e. The Morgan fingerprint density at radius 1 is 1.17 bits per heavy atom. The number of aromatic nitrogens is 2. The minimum Gasteiger partial charge on any atom is -0.444 e. The number of halogens is 2. The zero-order valence-corrected chi connectivity index (χ0v) is 23.7. The van der Waals surface area contributed by atoms with Crippen molar-refractivity contribution in [3.8, 4) is 11.4 Å². The number of nitrogens with zero attached hydrogens (tertiary/aromatic N) is 3. The first-order valence-electron chi connectivity index (χ1n) is 13.0. The summed E-state index contributed by atoms with van der Waals surface area (Å²) in [6, 6.07) is 9.83. The van der Waals surface area contributed by atoms with Crippen molar-refractivity contribution in [1.29, 1.82) is 0 Å². The van der Waals surface area contributed by atoms with E-state index in [4.69, 9.17) is 9.26 Å². The van der Waals surface area contributed by atoms with Crippen LogP contribution in [0, 0.1) is 6.92 Å². The number of amides is 3. The van der Waals surface area contributed by atoms with Gasteiger partial charge < -0.3 is 24.8 Å². The summed E-state index contributed by atoms with van der Waals surface area (Å²) in [6.07, 6.45) is -1.13. The highest BCUT2D eigenvalue weighted by Crippen LogP contribution is 2.42. The molecule has 0 radical (unpaired) electrons. The highest BCUT2D eigenvalue weighted by atomic mass is 32.2. The minimum atomic E-state index is -2.91.